The van der Waals surface area contributed by atoms with Gasteiger partial charge in [-0.15, -0.1) is 0 Å². The molecule has 21 heavy (non-hydrogen) atoms. The number of nitrogens with two attached hydrogens (primary N) is 1. The molecule has 2 unspecified atom stereocenters. The van der Waals surface area contributed by atoms with E-state index in [0.717, 1.165) is 16.9 Å². The van der Waals surface area contributed by atoms with Crippen molar-refractivity contribution in [2.75, 3.05) is 13.2 Å². The first kappa shape index (κ1) is 14.1. The lowest BCUT2D eigenvalue weighted by atomic mass is 10.2. The highest BCUT2D eigenvalue weighted by Crippen LogP contribution is 2.27. The third-order valence-corrected chi connectivity index (χ3v) is 3.41. The Hall–Kier alpha value is -1.88. The van der Waals surface area contributed by atoms with Crippen LogP contribution < -0.4 is 10.5 Å². The van der Waals surface area contributed by atoms with Crippen molar-refractivity contribution >= 4 is 0 Å². The Morgan fingerprint density at radius 2 is 1.81 bits per heavy atom. The largest absolute Gasteiger partial charge is 0.489 e. The minimum Gasteiger partial charge on any atom is -0.489 e. The average Bonchev–Trinajstić information content (AvgIpc) is 3.03. The Kier molecular flexibility index (Phi) is 4.50. The number of rotatable bonds is 5. The zero-order valence-corrected chi connectivity index (χ0v) is 11.8. The summed E-state index contributed by atoms with van der Waals surface area (Å²) in [5.41, 5.74) is 7.70. The van der Waals surface area contributed by atoms with E-state index in [9.17, 15) is 0 Å². The number of ether oxygens (including phenoxy) is 3. The van der Waals surface area contributed by atoms with Crippen molar-refractivity contribution in [1.29, 1.82) is 0 Å². The van der Waals surface area contributed by atoms with E-state index in [4.69, 9.17) is 19.9 Å². The van der Waals surface area contributed by atoms with Crippen LogP contribution in [0.15, 0.2) is 54.6 Å². The number of hydrogen-bond donors (Lipinski definition) is 1. The SMILES string of the molecule is NCC1COC(c2ccc(OCc3ccccc3)cc2)O1. The van der Waals surface area contributed by atoms with E-state index in [1.54, 1.807) is 0 Å². The molecular formula is C17H19NO3. The minimum absolute atomic E-state index is 0.0102. The molecule has 110 valence electrons. The topological polar surface area (TPSA) is 53.7 Å². The summed E-state index contributed by atoms with van der Waals surface area (Å²) >= 11 is 0. The molecule has 0 spiro atoms. The first-order valence-electron chi connectivity index (χ1n) is 7.09. The number of benzene rings is 2. The van der Waals surface area contributed by atoms with Crippen LogP contribution in [0.1, 0.15) is 17.4 Å². The summed E-state index contributed by atoms with van der Waals surface area (Å²) in [7, 11) is 0. The van der Waals surface area contributed by atoms with Gasteiger partial charge in [-0.1, -0.05) is 42.5 Å². The van der Waals surface area contributed by atoms with Crippen LogP contribution in [0.25, 0.3) is 0 Å². The highest BCUT2D eigenvalue weighted by atomic mass is 16.7. The fourth-order valence-corrected chi connectivity index (χ4v) is 2.21. The third-order valence-electron chi connectivity index (χ3n) is 3.41. The van der Waals surface area contributed by atoms with Gasteiger partial charge >= 0.3 is 0 Å². The van der Waals surface area contributed by atoms with Gasteiger partial charge in [-0.05, 0) is 17.7 Å². The van der Waals surface area contributed by atoms with E-state index in [2.05, 4.69) is 0 Å². The summed E-state index contributed by atoms with van der Waals surface area (Å²) < 4.78 is 17.0. The van der Waals surface area contributed by atoms with Gasteiger partial charge in [0, 0.05) is 12.1 Å². The fraction of sp³-hybridized carbons (Fsp3) is 0.294. The maximum Gasteiger partial charge on any atom is 0.184 e. The molecule has 4 nitrogen and oxygen atoms in total. The van der Waals surface area contributed by atoms with Crippen LogP contribution >= 0.6 is 0 Å². The predicted molar refractivity (Wildman–Crippen MR) is 79.8 cm³/mol. The maximum atomic E-state index is 5.75. The molecule has 2 aromatic rings. The monoisotopic (exact) mass is 285 g/mol. The molecule has 1 aliphatic heterocycles. The van der Waals surface area contributed by atoms with Gasteiger partial charge in [0.2, 0.25) is 0 Å². The molecule has 0 radical (unpaired) electrons. The van der Waals surface area contributed by atoms with E-state index in [1.807, 2.05) is 54.6 Å². The van der Waals surface area contributed by atoms with Crippen molar-refractivity contribution < 1.29 is 14.2 Å². The standard InChI is InChI=1S/C17H19NO3/c18-10-16-12-20-17(21-16)14-6-8-15(9-7-14)19-11-13-4-2-1-3-5-13/h1-9,16-17H,10-12,18H2. The lowest BCUT2D eigenvalue weighted by Crippen LogP contribution is -2.21. The second-order valence-electron chi connectivity index (χ2n) is 5.00. The Labute approximate surface area is 124 Å². The highest BCUT2D eigenvalue weighted by Gasteiger charge is 2.26. The molecule has 0 amide bonds. The lowest BCUT2D eigenvalue weighted by molar-refractivity contribution is -0.0585. The first-order valence-corrected chi connectivity index (χ1v) is 7.09. The number of hydrogen-bond acceptors (Lipinski definition) is 4. The van der Waals surface area contributed by atoms with Crippen molar-refractivity contribution in [2.45, 2.75) is 19.0 Å². The van der Waals surface area contributed by atoms with Crippen LogP contribution in [-0.4, -0.2) is 19.3 Å². The predicted octanol–water partition coefficient (Wildman–Crippen LogP) is 2.64. The van der Waals surface area contributed by atoms with Gasteiger partial charge < -0.3 is 19.9 Å². The molecule has 1 aliphatic rings. The van der Waals surface area contributed by atoms with Gasteiger partial charge in [0.25, 0.3) is 0 Å². The normalized spacial score (nSPS) is 21.4. The summed E-state index contributed by atoms with van der Waals surface area (Å²) in [6.45, 7) is 1.59. The van der Waals surface area contributed by atoms with Gasteiger partial charge in [-0.25, -0.2) is 0 Å². The molecule has 4 heteroatoms. The Morgan fingerprint density at radius 1 is 1.05 bits per heavy atom. The van der Waals surface area contributed by atoms with Gasteiger partial charge in [0.1, 0.15) is 12.4 Å². The molecule has 2 aromatic carbocycles. The van der Waals surface area contributed by atoms with Crippen LogP contribution in [-0.2, 0) is 16.1 Å². The molecule has 1 saturated heterocycles. The summed E-state index contributed by atoms with van der Waals surface area (Å²) in [6, 6.07) is 17.9. The van der Waals surface area contributed by atoms with E-state index >= 15 is 0 Å². The quantitative estimate of drug-likeness (QED) is 0.917. The minimum atomic E-state index is -0.318. The van der Waals surface area contributed by atoms with Gasteiger partial charge in [-0.2, -0.15) is 0 Å². The second-order valence-corrected chi connectivity index (χ2v) is 5.00. The first-order chi connectivity index (χ1) is 10.3. The fourth-order valence-electron chi connectivity index (χ4n) is 2.21. The van der Waals surface area contributed by atoms with Crippen molar-refractivity contribution in [1.82, 2.24) is 0 Å². The van der Waals surface area contributed by atoms with E-state index < -0.39 is 0 Å². The molecule has 0 aliphatic carbocycles. The second kappa shape index (κ2) is 6.72. The van der Waals surface area contributed by atoms with E-state index in [1.165, 1.54) is 0 Å². The Balaban J connectivity index is 1.57. The van der Waals surface area contributed by atoms with Crippen LogP contribution in [0.3, 0.4) is 0 Å². The van der Waals surface area contributed by atoms with Crippen LogP contribution in [0.2, 0.25) is 0 Å². The van der Waals surface area contributed by atoms with Crippen molar-refractivity contribution in [3.63, 3.8) is 0 Å². The summed E-state index contributed by atoms with van der Waals surface area (Å²) in [4.78, 5) is 0. The zero-order valence-electron chi connectivity index (χ0n) is 11.8. The smallest absolute Gasteiger partial charge is 0.184 e. The molecule has 0 bridgehead atoms. The van der Waals surface area contributed by atoms with Crippen molar-refractivity contribution in [3.8, 4) is 5.75 Å². The molecule has 2 atom stereocenters. The van der Waals surface area contributed by atoms with Crippen LogP contribution in [0.5, 0.6) is 5.75 Å². The van der Waals surface area contributed by atoms with E-state index in [-0.39, 0.29) is 12.4 Å². The van der Waals surface area contributed by atoms with Crippen LogP contribution in [0, 0.1) is 0 Å². The molecular weight excluding hydrogens is 266 g/mol. The highest BCUT2D eigenvalue weighted by molar-refractivity contribution is 5.28. The van der Waals surface area contributed by atoms with Gasteiger partial charge in [0.15, 0.2) is 6.29 Å². The molecule has 1 fully saturated rings. The molecule has 0 aromatic heterocycles. The molecule has 3 rings (SSSR count). The van der Waals surface area contributed by atoms with Crippen molar-refractivity contribution in [3.05, 3.63) is 65.7 Å². The molecule has 2 N–H and O–H groups in total. The molecule has 1 heterocycles. The summed E-state index contributed by atoms with van der Waals surface area (Å²) in [6.07, 6.45) is -0.328. The molecule has 0 saturated carbocycles. The van der Waals surface area contributed by atoms with Crippen LogP contribution in [0.4, 0.5) is 0 Å². The Morgan fingerprint density at radius 3 is 2.48 bits per heavy atom. The summed E-state index contributed by atoms with van der Waals surface area (Å²) in [5.74, 6) is 0.830. The summed E-state index contributed by atoms with van der Waals surface area (Å²) in [5, 5.41) is 0. The van der Waals surface area contributed by atoms with Gasteiger partial charge in [-0.3, -0.25) is 0 Å². The Bertz CT molecular complexity index is 556. The average molecular weight is 285 g/mol. The van der Waals surface area contributed by atoms with Gasteiger partial charge in [0.05, 0.1) is 12.7 Å². The maximum absolute atomic E-state index is 5.75. The van der Waals surface area contributed by atoms with E-state index in [0.29, 0.717) is 19.8 Å². The lowest BCUT2D eigenvalue weighted by Gasteiger charge is -2.12. The zero-order chi connectivity index (χ0) is 14.5. The van der Waals surface area contributed by atoms with Crippen molar-refractivity contribution in [2.24, 2.45) is 5.73 Å². The third kappa shape index (κ3) is 3.61.